The number of aryl methyl sites for hydroxylation is 2. The fourth-order valence-corrected chi connectivity index (χ4v) is 9.31. The predicted octanol–water partition coefficient (Wildman–Crippen LogP) is 8.61. The highest BCUT2D eigenvalue weighted by molar-refractivity contribution is 6.38. The number of nitriles is 2. The van der Waals surface area contributed by atoms with Gasteiger partial charge in [-0.3, -0.25) is 19.0 Å². The van der Waals surface area contributed by atoms with Crippen molar-refractivity contribution < 1.29 is 9.13 Å². The average Bonchev–Trinajstić information content (AvgIpc) is 3.91. The SMILES string of the molecule is CCOc1cc(-c2cnn(C)c2-c2c(F)cc3cc(NCc4n[nH]c(=O)c5ccc(-c6cnn(C)c6-c6c(C#N)cc7ccccc7c6Cl)cc45)ccc3c2C#N)cc2c(CN)n[nH]c(=O)c12. The summed E-state index contributed by atoms with van der Waals surface area (Å²) in [7, 11) is 3.45. The molecule has 10 rings (SSSR count). The molecule has 0 saturated carbocycles. The minimum atomic E-state index is -0.653. The molecule has 17 heteroatoms. The number of aromatic amines is 2. The molecule has 4 heterocycles. The van der Waals surface area contributed by atoms with Gasteiger partial charge in [0, 0.05) is 64.6 Å². The third-order valence-electron chi connectivity index (χ3n) is 12.0. The van der Waals surface area contributed by atoms with Crippen LogP contribution in [-0.4, -0.2) is 46.6 Å². The zero-order valence-electron chi connectivity index (χ0n) is 36.0. The maximum Gasteiger partial charge on any atom is 0.275 e. The standard InChI is InChI=1S/C50H36ClFN12O3/c1-4-67-42-18-28(16-35-40(21-55)59-62-50(66)45(35)42)38-23-58-64(3)48(38)44-36(20-54)31-12-10-30(14-27(31)17-39(44)52)56-24-41-34-15-26(9-11-33(34)49(65)61-60-41)37-22-57-63(2)47(37)43-29(19-53)13-25-7-5-6-8-32(25)46(43)51/h5-18,22-23,56H,4,21,24,55H2,1-3H3,(H,61,65)(H,62,66). The lowest BCUT2D eigenvalue weighted by atomic mass is 9.92. The number of nitrogens with two attached hydrogens (primary N) is 1. The third-order valence-corrected chi connectivity index (χ3v) is 12.4. The summed E-state index contributed by atoms with van der Waals surface area (Å²) >= 11 is 7.05. The number of hydrogen-bond acceptors (Lipinski definition) is 11. The first kappa shape index (κ1) is 42.3. The maximum absolute atomic E-state index is 16.7. The van der Waals surface area contributed by atoms with E-state index in [0.717, 1.165) is 16.3 Å². The van der Waals surface area contributed by atoms with E-state index in [1.165, 1.54) is 10.7 Å². The summed E-state index contributed by atoms with van der Waals surface area (Å²) in [5.74, 6) is -0.353. The molecule has 0 spiro atoms. The summed E-state index contributed by atoms with van der Waals surface area (Å²) in [5.41, 5.74) is 11.3. The highest BCUT2D eigenvalue weighted by Crippen LogP contribution is 2.43. The van der Waals surface area contributed by atoms with Crippen LogP contribution < -0.4 is 26.9 Å². The first-order valence-corrected chi connectivity index (χ1v) is 21.4. The van der Waals surface area contributed by atoms with E-state index in [2.05, 4.69) is 48.0 Å². The highest BCUT2D eigenvalue weighted by Gasteiger charge is 2.26. The molecule has 15 nitrogen and oxygen atoms in total. The molecule has 0 bridgehead atoms. The van der Waals surface area contributed by atoms with Crippen molar-refractivity contribution >= 4 is 60.4 Å². The lowest BCUT2D eigenvalue weighted by molar-refractivity contribution is 0.344. The van der Waals surface area contributed by atoms with Crippen LogP contribution in [0.5, 0.6) is 5.75 Å². The van der Waals surface area contributed by atoms with Crippen LogP contribution in [0.1, 0.15) is 29.4 Å². The molecule has 5 N–H and O–H groups in total. The molecule has 328 valence electrons. The Kier molecular flexibility index (Phi) is 10.5. The quantitative estimate of drug-likeness (QED) is 0.102. The largest absolute Gasteiger partial charge is 0.493 e. The highest BCUT2D eigenvalue weighted by atomic mass is 35.5. The smallest absolute Gasteiger partial charge is 0.275 e. The summed E-state index contributed by atoms with van der Waals surface area (Å²) in [6, 6.07) is 29.5. The Morgan fingerprint density at radius 1 is 0.761 bits per heavy atom. The van der Waals surface area contributed by atoms with Crippen LogP contribution in [0.3, 0.4) is 0 Å². The van der Waals surface area contributed by atoms with Crippen LogP contribution in [-0.2, 0) is 27.2 Å². The molecule has 67 heavy (non-hydrogen) atoms. The van der Waals surface area contributed by atoms with Gasteiger partial charge in [-0.2, -0.15) is 30.9 Å². The molecule has 0 aliphatic heterocycles. The number of benzene rings is 6. The minimum absolute atomic E-state index is 0.0395. The number of H-pyrrole nitrogens is 2. The minimum Gasteiger partial charge on any atom is -0.493 e. The van der Waals surface area contributed by atoms with Crippen molar-refractivity contribution in [2.45, 2.75) is 20.0 Å². The second kappa shape index (κ2) is 16.7. The number of rotatable bonds is 10. The molecule has 0 saturated heterocycles. The Hall–Kier alpha value is -8.70. The predicted molar refractivity (Wildman–Crippen MR) is 256 cm³/mol. The summed E-state index contributed by atoms with van der Waals surface area (Å²) in [4.78, 5) is 26.0. The van der Waals surface area contributed by atoms with E-state index in [4.69, 9.17) is 22.1 Å². The summed E-state index contributed by atoms with van der Waals surface area (Å²) < 4.78 is 25.8. The Balaban J connectivity index is 1.01. The van der Waals surface area contributed by atoms with E-state index in [1.54, 1.807) is 74.5 Å². The molecular formula is C50H36ClFN12O3. The number of hydrogen-bond donors (Lipinski definition) is 4. The lowest BCUT2D eigenvalue weighted by Gasteiger charge is -2.15. The molecule has 0 aliphatic rings. The van der Waals surface area contributed by atoms with Gasteiger partial charge in [0.05, 0.1) is 86.9 Å². The van der Waals surface area contributed by atoms with Crippen LogP contribution in [0.25, 0.3) is 87.9 Å². The molecule has 0 unspecified atom stereocenters. The van der Waals surface area contributed by atoms with Gasteiger partial charge in [-0.15, -0.1) is 0 Å². The van der Waals surface area contributed by atoms with Crippen LogP contribution in [0.4, 0.5) is 10.1 Å². The van der Waals surface area contributed by atoms with E-state index in [-0.39, 0.29) is 41.8 Å². The second-order valence-electron chi connectivity index (χ2n) is 15.8. The van der Waals surface area contributed by atoms with E-state index >= 15 is 4.39 Å². The Labute approximate surface area is 384 Å². The summed E-state index contributed by atoms with van der Waals surface area (Å²) in [6.07, 6.45) is 3.28. The first-order chi connectivity index (χ1) is 32.5. The zero-order chi connectivity index (χ0) is 46.7. The zero-order valence-corrected chi connectivity index (χ0v) is 36.8. The van der Waals surface area contributed by atoms with Crippen molar-refractivity contribution in [3.05, 3.63) is 151 Å². The fraction of sp³-hybridized carbons (Fsp3) is 0.120. The topological polar surface area (TPSA) is 222 Å². The van der Waals surface area contributed by atoms with Gasteiger partial charge in [0.25, 0.3) is 11.1 Å². The Bertz CT molecular complexity index is 3920. The van der Waals surface area contributed by atoms with Crippen molar-refractivity contribution in [1.82, 2.24) is 40.0 Å². The fourth-order valence-electron chi connectivity index (χ4n) is 8.94. The van der Waals surface area contributed by atoms with Crippen LogP contribution in [0, 0.1) is 28.5 Å². The number of nitrogens with zero attached hydrogens (tertiary/aromatic N) is 8. The molecule has 0 amide bonds. The van der Waals surface area contributed by atoms with Crippen molar-refractivity contribution in [3.8, 4) is 62.7 Å². The van der Waals surface area contributed by atoms with Gasteiger partial charge in [-0.05, 0) is 77.4 Å². The van der Waals surface area contributed by atoms with Crippen molar-refractivity contribution in [3.63, 3.8) is 0 Å². The number of anilines is 1. The molecule has 0 aliphatic carbocycles. The second-order valence-corrected chi connectivity index (χ2v) is 16.2. The van der Waals surface area contributed by atoms with Crippen molar-refractivity contribution in [2.75, 3.05) is 11.9 Å². The number of nitrogens with one attached hydrogen (secondary N) is 3. The van der Waals surface area contributed by atoms with Gasteiger partial charge in [-0.1, -0.05) is 48.0 Å². The van der Waals surface area contributed by atoms with E-state index in [1.807, 2.05) is 42.5 Å². The summed E-state index contributed by atoms with van der Waals surface area (Å²) in [5, 5.41) is 51.7. The Morgan fingerprint density at radius 2 is 1.46 bits per heavy atom. The summed E-state index contributed by atoms with van der Waals surface area (Å²) in [6.45, 7) is 2.27. The average molecular weight is 907 g/mol. The number of halogens is 2. The maximum atomic E-state index is 16.7. The number of aromatic nitrogens is 8. The van der Waals surface area contributed by atoms with E-state index < -0.39 is 11.4 Å². The van der Waals surface area contributed by atoms with Gasteiger partial charge >= 0.3 is 0 Å². The molecule has 4 aromatic heterocycles. The van der Waals surface area contributed by atoms with Crippen molar-refractivity contribution in [2.24, 2.45) is 19.8 Å². The van der Waals surface area contributed by atoms with Gasteiger partial charge in [0.1, 0.15) is 17.6 Å². The van der Waals surface area contributed by atoms with Gasteiger partial charge in [0.15, 0.2) is 0 Å². The number of ether oxygens (including phenoxy) is 1. The number of fused-ring (bicyclic) bond motifs is 4. The monoisotopic (exact) mass is 906 g/mol. The normalized spacial score (nSPS) is 11.4. The van der Waals surface area contributed by atoms with Gasteiger partial charge < -0.3 is 15.8 Å². The molecular weight excluding hydrogens is 871 g/mol. The molecule has 0 fully saturated rings. The van der Waals surface area contributed by atoms with Crippen LogP contribution in [0.15, 0.2) is 107 Å². The van der Waals surface area contributed by atoms with E-state index in [9.17, 15) is 20.1 Å². The molecule has 10 aromatic rings. The van der Waals surface area contributed by atoms with Gasteiger partial charge in [0.2, 0.25) is 0 Å². The molecule has 0 radical (unpaired) electrons. The van der Waals surface area contributed by atoms with Crippen LogP contribution >= 0.6 is 11.6 Å². The Morgan fingerprint density at radius 3 is 2.21 bits per heavy atom. The lowest BCUT2D eigenvalue weighted by Crippen LogP contribution is -2.14. The molecule has 0 atom stereocenters. The van der Waals surface area contributed by atoms with Gasteiger partial charge in [-0.25, -0.2) is 14.6 Å². The first-order valence-electron chi connectivity index (χ1n) is 21.0. The van der Waals surface area contributed by atoms with E-state index in [0.29, 0.717) is 94.0 Å². The van der Waals surface area contributed by atoms with Crippen LogP contribution in [0.2, 0.25) is 5.02 Å². The van der Waals surface area contributed by atoms with Crippen molar-refractivity contribution in [1.29, 1.82) is 10.5 Å². The third kappa shape index (κ3) is 6.99. The molecule has 6 aromatic carbocycles.